The maximum Gasteiger partial charge on any atom is 0.226 e. The van der Waals surface area contributed by atoms with Gasteiger partial charge in [-0.1, -0.05) is 19.0 Å². The molecule has 0 aliphatic heterocycles. The van der Waals surface area contributed by atoms with E-state index in [1.807, 2.05) is 32.0 Å². The van der Waals surface area contributed by atoms with Crippen LogP contribution in [-0.2, 0) is 13.0 Å². The Morgan fingerprint density at radius 2 is 2.04 bits per heavy atom. The number of benzene rings is 1. The van der Waals surface area contributed by atoms with Crippen LogP contribution in [0.15, 0.2) is 27.7 Å². The van der Waals surface area contributed by atoms with Crippen molar-refractivity contribution >= 4 is 5.96 Å². The van der Waals surface area contributed by atoms with Crippen LogP contribution in [0.4, 0.5) is 0 Å². The van der Waals surface area contributed by atoms with Crippen molar-refractivity contribution in [3.8, 4) is 11.5 Å². The third-order valence-electron chi connectivity index (χ3n) is 4.02. The lowest BCUT2D eigenvalue weighted by Gasteiger charge is -2.14. The normalized spacial score (nSPS) is 11.6. The lowest BCUT2D eigenvalue weighted by atomic mass is 10.2. The van der Waals surface area contributed by atoms with Gasteiger partial charge in [-0.05, 0) is 18.6 Å². The van der Waals surface area contributed by atoms with Gasteiger partial charge in [-0.15, -0.1) is 0 Å². The molecule has 1 aromatic carbocycles. The van der Waals surface area contributed by atoms with Gasteiger partial charge in [0.1, 0.15) is 11.5 Å². The van der Waals surface area contributed by atoms with Gasteiger partial charge in [0.25, 0.3) is 0 Å². The van der Waals surface area contributed by atoms with E-state index in [1.54, 1.807) is 21.3 Å². The van der Waals surface area contributed by atoms with E-state index in [-0.39, 0.29) is 5.92 Å². The molecule has 2 aromatic rings. The van der Waals surface area contributed by atoms with E-state index in [4.69, 9.17) is 14.0 Å². The summed E-state index contributed by atoms with van der Waals surface area (Å²) in [7, 11) is 5.03. The fraction of sp³-hybridized carbons (Fsp3) is 0.526. The predicted molar refractivity (Wildman–Crippen MR) is 104 cm³/mol. The average Bonchev–Trinajstić information content (AvgIpc) is 3.16. The maximum absolute atomic E-state index is 5.42. The average molecular weight is 375 g/mol. The van der Waals surface area contributed by atoms with Crippen molar-refractivity contribution in [2.24, 2.45) is 4.99 Å². The zero-order valence-corrected chi connectivity index (χ0v) is 16.7. The summed E-state index contributed by atoms with van der Waals surface area (Å²) in [6.45, 7) is 5.43. The molecule has 2 rings (SSSR count). The third-order valence-corrected chi connectivity index (χ3v) is 4.02. The SMILES string of the molecule is CN=C(NCCCc1nc(C(C)C)no1)NCc1ccc(OC)cc1OC. The van der Waals surface area contributed by atoms with Gasteiger partial charge in [-0.25, -0.2) is 0 Å². The van der Waals surface area contributed by atoms with E-state index in [9.17, 15) is 0 Å². The van der Waals surface area contributed by atoms with Crippen LogP contribution in [0, 0.1) is 0 Å². The minimum atomic E-state index is 0.276. The Balaban J connectivity index is 1.77. The van der Waals surface area contributed by atoms with Crippen LogP contribution in [-0.4, -0.2) is 43.9 Å². The van der Waals surface area contributed by atoms with E-state index in [2.05, 4.69) is 25.8 Å². The molecule has 0 atom stereocenters. The fourth-order valence-corrected chi connectivity index (χ4v) is 2.45. The van der Waals surface area contributed by atoms with Crippen LogP contribution in [0.3, 0.4) is 0 Å². The molecule has 0 saturated heterocycles. The number of aliphatic imine (C=N–C) groups is 1. The van der Waals surface area contributed by atoms with Gasteiger partial charge >= 0.3 is 0 Å². The zero-order valence-electron chi connectivity index (χ0n) is 16.7. The standard InChI is InChI=1S/C19H29N5O3/c1-13(2)18-23-17(27-24-18)7-6-10-21-19(20-3)22-12-14-8-9-15(25-4)11-16(14)26-5/h8-9,11,13H,6-7,10,12H2,1-5H3,(H2,20,21,22). The number of nitrogens with one attached hydrogen (secondary N) is 2. The Bertz CT molecular complexity index is 743. The third kappa shape index (κ3) is 6.16. The lowest BCUT2D eigenvalue weighted by Crippen LogP contribution is -2.37. The van der Waals surface area contributed by atoms with Crippen molar-refractivity contribution in [3.63, 3.8) is 0 Å². The van der Waals surface area contributed by atoms with Crippen molar-refractivity contribution in [2.75, 3.05) is 27.8 Å². The summed E-state index contributed by atoms with van der Waals surface area (Å²) >= 11 is 0. The van der Waals surface area contributed by atoms with Crippen molar-refractivity contribution in [2.45, 2.75) is 39.2 Å². The highest BCUT2D eigenvalue weighted by Gasteiger charge is 2.09. The summed E-state index contributed by atoms with van der Waals surface area (Å²) in [5.74, 6) is 3.96. The van der Waals surface area contributed by atoms with Crippen molar-refractivity contribution in [1.82, 2.24) is 20.8 Å². The molecule has 0 unspecified atom stereocenters. The molecule has 0 aliphatic carbocycles. The highest BCUT2D eigenvalue weighted by molar-refractivity contribution is 5.79. The monoisotopic (exact) mass is 375 g/mol. The first kappa shape index (κ1) is 20.5. The van der Waals surface area contributed by atoms with Crippen LogP contribution < -0.4 is 20.1 Å². The van der Waals surface area contributed by atoms with Crippen LogP contribution in [0.1, 0.15) is 43.5 Å². The van der Waals surface area contributed by atoms with Gasteiger partial charge in [-0.3, -0.25) is 4.99 Å². The van der Waals surface area contributed by atoms with Crippen LogP contribution in [0.25, 0.3) is 0 Å². The fourth-order valence-electron chi connectivity index (χ4n) is 2.45. The highest BCUT2D eigenvalue weighted by atomic mass is 16.5. The molecule has 8 heteroatoms. The summed E-state index contributed by atoms with van der Waals surface area (Å²) in [5.41, 5.74) is 1.02. The largest absolute Gasteiger partial charge is 0.497 e. The van der Waals surface area contributed by atoms with Gasteiger partial charge in [-0.2, -0.15) is 4.98 Å². The second-order valence-electron chi connectivity index (χ2n) is 6.33. The van der Waals surface area contributed by atoms with E-state index in [1.165, 1.54) is 0 Å². The molecule has 148 valence electrons. The molecule has 0 aliphatic rings. The van der Waals surface area contributed by atoms with Gasteiger partial charge in [0.15, 0.2) is 11.8 Å². The molecule has 0 bridgehead atoms. The molecule has 0 radical (unpaired) electrons. The van der Waals surface area contributed by atoms with Crippen LogP contribution in [0.5, 0.6) is 11.5 Å². The van der Waals surface area contributed by atoms with Gasteiger partial charge in [0, 0.05) is 44.1 Å². The number of ether oxygens (including phenoxy) is 2. The quantitative estimate of drug-likeness (QED) is 0.395. The number of hydrogen-bond donors (Lipinski definition) is 2. The second kappa shape index (κ2) is 10.4. The number of aromatic nitrogens is 2. The molecule has 1 heterocycles. The smallest absolute Gasteiger partial charge is 0.226 e. The molecule has 0 spiro atoms. The summed E-state index contributed by atoms with van der Waals surface area (Å²) in [6.07, 6.45) is 1.60. The van der Waals surface area contributed by atoms with E-state index in [0.29, 0.717) is 12.4 Å². The first-order chi connectivity index (χ1) is 13.1. The van der Waals surface area contributed by atoms with Crippen molar-refractivity contribution in [3.05, 3.63) is 35.5 Å². The number of aryl methyl sites for hydroxylation is 1. The summed E-state index contributed by atoms with van der Waals surface area (Å²) in [6, 6.07) is 5.74. The number of hydrogen-bond acceptors (Lipinski definition) is 6. The van der Waals surface area contributed by atoms with Crippen LogP contribution in [0.2, 0.25) is 0 Å². The summed E-state index contributed by atoms with van der Waals surface area (Å²) in [4.78, 5) is 8.62. The topological polar surface area (TPSA) is 93.8 Å². The van der Waals surface area contributed by atoms with E-state index >= 15 is 0 Å². The molecule has 8 nitrogen and oxygen atoms in total. The number of guanidine groups is 1. The second-order valence-corrected chi connectivity index (χ2v) is 6.33. The Kier molecular flexibility index (Phi) is 7.91. The minimum Gasteiger partial charge on any atom is -0.497 e. The molecule has 2 N–H and O–H groups in total. The van der Waals surface area contributed by atoms with Gasteiger partial charge < -0.3 is 24.6 Å². The molecular weight excluding hydrogens is 346 g/mol. The summed E-state index contributed by atoms with van der Waals surface area (Å²) < 4.78 is 15.9. The van der Waals surface area contributed by atoms with E-state index < -0.39 is 0 Å². The maximum atomic E-state index is 5.42. The Hall–Kier alpha value is -2.77. The highest BCUT2D eigenvalue weighted by Crippen LogP contribution is 2.24. The molecule has 0 amide bonds. The number of rotatable bonds is 9. The van der Waals surface area contributed by atoms with E-state index in [0.717, 1.165) is 48.2 Å². The zero-order chi connectivity index (χ0) is 19.6. The first-order valence-corrected chi connectivity index (χ1v) is 9.05. The summed E-state index contributed by atoms with van der Waals surface area (Å²) in [5, 5.41) is 10.5. The Labute approximate surface area is 160 Å². The van der Waals surface area contributed by atoms with Crippen molar-refractivity contribution in [1.29, 1.82) is 0 Å². The van der Waals surface area contributed by atoms with Crippen molar-refractivity contribution < 1.29 is 14.0 Å². The van der Waals surface area contributed by atoms with Gasteiger partial charge in [0.2, 0.25) is 5.89 Å². The minimum absolute atomic E-state index is 0.276. The first-order valence-electron chi connectivity index (χ1n) is 9.05. The Morgan fingerprint density at radius 1 is 1.22 bits per heavy atom. The lowest BCUT2D eigenvalue weighted by molar-refractivity contribution is 0.368. The molecule has 1 aromatic heterocycles. The molecule has 0 fully saturated rings. The molecule has 0 saturated carbocycles. The van der Waals surface area contributed by atoms with Gasteiger partial charge in [0.05, 0.1) is 14.2 Å². The number of nitrogens with zero attached hydrogens (tertiary/aromatic N) is 3. The molecule has 27 heavy (non-hydrogen) atoms. The molecular formula is C19H29N5O3. The van der Waals surface area contributed by atoms with Crippen LogP contribution >= 0.6 is 0 Å². The number of methoxy groups -OCH3 is 2. The predicted octanol–water partition coefficient (Wildman–Crippen LogP) is 2.51. The Morgan fingerprint density at radius 3 is 2.67 bits per heavy atom.